The van der Waals surface area contributed by atoms with Gasteiger partial charge in [-0.25, -0.2) is 4.79 Å². The number of likely N-dealkylation sites (tertiary alicyclic amines) is 1. The van der Waals surface area contributed by atoms with Gasteiger partial charge in [0.1, 0.15) is 5.60 Å². The molecule has 0 aromatic rings. The molecule has 0 atom stereocenters. The van der Waals surface area contributed by atoms with Crippen molar-refractivity contribution in [2.75, 3.05) is 33.2 Å². The topological polar surface area (TPSA) is 57.2 Å². The lowest BCUT2D eigenvalue weighted by atomic mass is 10.0. The van der Waals surface area contributed by atoms with Gasteiger partial charge >= 0.3 is 6.09 Å². The summed E-state index contributed by atoms with van der Waals surface area (Å²) in [5.74, 6) is 1.57. The molecule has 1 aliphatic heterocycles. The molecule has 1 aliphatic carbocycles. The minimum atomic E-state index is -0.448. The molecule has 1 amide bonds. The van der Waals surface area contributed by atoms with Crippen molar-refractivity contribution in [2.45, 2.75) is 58.1 Å². The molecule has 0 bridgehead atoms. The van der Waals surface area contributed by atoms with Crippen LogP contribution >= 0.6 is 24.0 Å². The molecule has 7 heteroatoms. The summed E-state index contributed by atoms with van der Waals surface area (Å²) in [4.78, 5) is 21.3. The molecule has 1 N–H and O–H groups in total. The van der Waals surface area contributed by atoms with Crippen LogP contribution in [0.25, 0.3) is 0 Å². The maximum Gasteiger partial charge on any atom is 0.410 e. The first-order valence-electron chi connectivity index (χ1n) is 9.40. The van der Waals surface area contributed by atoms with Crippen LogP contribution in [0.1, 0.15) is 46.5 Å². The fourth-order valence-electron chi connectivity index (χ4n) is 3.16. The Morgan fingerprint density at radius 2 is 1.92 bits per heavy atom. The van der Waals surface area contributed by atoms with E-state index in [2.05, 4.69) is 21.8 Å². The van der Waals surface area contributed by atoms with Crippen LogP contribution < -0.4 is 5.32 Å². The Hall–Kier alpha value is -0.990. The van der Waals surface area contributed by atoms with E-state index >= 15 is 0 Å². The summed E-state index contributed by atoms with van der Waals surface area (Å²) in [6.45, 7) is 12.9. The normalized spacial score (nSPS) is 18.8. The quantitative estimate of drug-likeness (QED) is 0.285. The van der Waals surface area contributed by atoms with Crippen LogP contribution in [-0.4, -0.2) is 66.7 Å². The van der Waals surface area contributed by atoms with Crippen LogP contribution in [0.3, 0.4) is 0 Å². The molecular weight excluding hydrogens is 443 g/mol. The van der Waals surface area contributed by atoms with E-state index in [4.69, 9.17) is 4.74 Å². The van der Waals surface area contributed by atoms with Crippen molar-refractivity contribution in [1.82, 2.24) is 15.1 Å². The van der Waals surface area contributed by atoms with E-state index in [9.17, 15) is 4.79 Å². The fourth-order valence-corrected chi connectivity index (χ4v) is 3.16. The fraction of sp³-hybridized carbons (Fsp3) is 0.789. The molecule has 26 heavy (non-hydrogen) atoms. The molecule has 1 saturated heterocycles. The summed E-state index contributed by atoms with van der Waals surface area (Å²) >= 11 is 0. The number of hydrogen-bond donors (Lipinski definition) is 1. The Morgan fingerprint density at radius 3 is 2.38 bits per heavy atom. The summed E-state index contributed by atoms with van der Waals surface area (Å²) in [6.07, 6.45) is 6.03. The minimum absolute atomic E-state index is 0. The third-order valence-electron chi connectivity index (χ3n) is 4.60. The van der Waals surface area contributed by atoms with Gasteiger partial charge in [0.2, 0.25) is 0 Å². The number of nitrogens with zero attached hydrogens (tertiary/aromatic N) is 3. The second kappa shape index (κ2) is 10.4. The van der Waals surface area contributed by atoms with Crippen molar-refractivity contribution in [1.29, 1.82) is 0 Å². The molecule has 0 aromatic carbocycles. The zero-order valence-corrected chi connectivity index (χ0v) is 19.0. The van der Waals surface area contributed by atoms with Gasteiger partial charge in [-0.2, -0.15) is 0 Å². The van der Waals surface area contributed by atoms with Gasteiger partial charge in [0.25, 0.3) is 0 Å². The predicted octanol–water partition coefficient (Wildman–Crippen LogP) is 3.48. The van der Waals surface area contributed by atoms with E-state index in [0.717, 1.165) is 38.4 Å². The van der Waals surface area contributed by atoms with E-state index < -0.39 is 5.60 Å². The molecule has 1 saturated carbocycles. The number of hydrogen-bond acceptors (Lipinski definition) is 3. The van der Waals surface area contributed by atoms with E-state index in [-0.39, 0.29) is 36.1 Å². The van der Waals surface area contributed by atoms with Crippen LogP contribution in [0, 0.1) is 5.92 Å². The van der Waals surface area contributed by atoms with Crippen LogP contribution in [0.15, 0.2) is 17.6 Å². The van der Waals surface area contributed by atoms with Gasteiger partial charge in [0.05, 0.1) is 0 Å². The van der Waals surface area contributed by atoms with Crippen LogP contribution in [0.2, 0.25) is 0 Å². The molecule has 0 aromatic heterocycles. The Labute approximate surface area is 175 Å². The molecule has 2 aliphatic rings. The summed E-state index contributed by atoms with van der Waals surface area (Å²) in [6, 6.07) is 0.254. The van der Waals surface area contributed by atoms with Crippen molar-refractivity contribution >= 4 is 36.0 Å². The highest BCUT2D eigenvalue weighted by Crippen LogP contribution is 2.32. The van der Waals surface area contributed by atoms with E-state index in [0.29, 0.717) is 12.5 Å². The van der Waals surface area contributed by atoms with Crippen molar-refractivity contribution < 1.29 is 9.53 Å². The average Bonchev–Trinajstić information content (AvgIpc) is 3.36. The number of piperidine rings is 1. The Kier molecular flexibility index (Phi) is 9.19. The van der Waals surface area contributed by atoms with Gasteiger partial charge in [-0.3, -0.25) is 4.99 Å². The van der Waals surface area contributed by atoms with Crippen molar-refractivity contribution in [2.24, 2.45) is 10.9 Å². The zero-order valence-electron chi connectivity index (χ0n) is 16.7. The second-order valence-corrected chi connectivity index (χ2v) is 8.01. The predicted molar refractivity (Wildman–Crippen MR) is 117 cm³/mol. The first kappa shape index (κ1) is 23.0. The molecule has 0 spiro atoms. The molecule has 150 valence electrons. The number of guanidine groups is 1. The number of nitrogens with one attached hydrogen (secondary N) is 1. The maximum absolute atomic E-state index is 12.7. The molecule has 0 radical (unpaired) electrons. The lowest BCUT2D eigenvalue weighted by Crippen LogP contribution is -2.52. The van der Waals surface area contributed by atoms with E-state index in [1.165, 1.54) is 12.8 Å². The van der Waals surface area contributed by atoms with Gasteiger partial charge in [-0.1, -0.05) is 6.08 Å². The van der Waals surface area contributed by atoms with Gasteiger partial charge in [-0.05, 0) is 52.4 Å². The number of carbonyl (C=O) groups excluding carboxylic acids is 1. The highest BCUT2D eigenvalue weighted by atomic mass is 127. The van der Waals surface area contributed by atoms with Gasteiger partial charge in [0.15, 0.2) is 5.96 Å². The Balaban J connectivity index is 0.00000338. The smallest absolute Gasteiger partial charge is 0.410 e. The third-order valence-corrected chi connectivity index (χ3v) is 4.60. The first-order valence-corrected chi connectivity index (χ1v) is 9.40. The summed E-state index contributed by atoms with van der Waals surface area (Å²) in [5.41, 5.74) is -0.448. The number of amides is 1. The van der Waals surface area contributed by atoms with Gasteiger partial charge in [0, 0.05) is 39.3 Å². The Morgan fingerprint density at radius 1 is 1.31 bits per heavy atom. The maximum atomic E-state index is 12.7. The highest BCUT2D eigenvalue weighted by molar-refractivity contribution is 14.0. The molecule has 0 unspecified atom stereocenters. The monoisotopic (exact) mass is 478 g/mol. The summed E-state index contributed by atoms with van der Waals surface area (Å²) < 4.78 is 5.66. The van der Waals surface area contributed by atoms with E-state index in [1.807, 2.05) is 31.7 Å². The number of halogens is 1. The minimum Gasteiger partial charge on any atom is -0.444 e. The number of aliphatic imine (C=N–C) groups is 1. The molecule has 2 rings (SSSR count). The third kappa shape index (κ3) is 7.32. The van der Waals surface area contributed by atoms with Crippen LogP contribution in [0.4, 0.5) is 4.79 Å². The number of carbonyl (C=O) groups is 1. The zero-order chi connectivity index (χ0) is 18.4. The first-order chi connectivity index (χ1) is 11.8. The number of rotatable bonds is 5. The van der Waals surface area contributed by atoms with Crippen molar-refractivity contribution in [3.05, 3.63) is 12.7 Å². The average molecular weight is 478 g/mol. The van der Waals surface area contributed by atoms with Crippen LogP contribution in [0.5, 0.6) is 0 Å². The van der Waals surface area contributed by atoms with Gasteiger partial charge in [-0.15, -0.1) is 30.6 Å². The lowest BCUT2D eigenvalue weighted by Gasteiger charge is -2.40. The summed E-state index contributed by atoms with van der Waals surface area (Å²) in [7, 11) is 1.80. The largest absolute Gasteiger partial charge is 0.444 e. The SMILES string of the molecule is C=CCNC(=NC)N1CCC(N(CC2CC2)C(=O)OC(C)(C)C)CC1.I. The second-order valence-electron chi connectivity index (χ2n) is 8.01. The Bertz CT molecular complexity index is 492. The van der Waals surface area contributed by atoms with Crippen molar-refractivity contribution in [3.63, 3.8) is 0 Å². The molecule has 6 nitrogen and oxygen atoms in total. The van der Waals surface area contributed by atoms with Crippen molar-refractivity contribution in [3.8, 4) is 0 Å². The van der Waals surface area contributed by atoms with E-state index in [1.54, 1.807) is 7.05 Å². The van der Waals surface area contributed by atoms with Crippen LogP contribution in [-0.2, 0) is 4.74 Å². The highest BCUT2D eigenvalue weighted by Gasteiger charge is 2.35. The molecule has 2 fully saturated rings. The summed E-state index contributed by atoms with van der Waals surface area (Å²) in [5, 5.41) is 3.28. The lowest BCUT2D eigenvalue weighted by molar-refractivity contribution is 0.00929. The molecule has 1 heterocycles. The molecular formula is C19H35IN4O2. The standard InChI is InChI=1S/C19H34N4O2.HI/c1-6-11-21-17(20-5)22-12-9-16(10-13-22)23(14-15-7-8-15)18(24)25-19(2,3)4;/h6,15-16H,1,7-14H2,2-5H3,(H,20,21);1H. The number of ether oxygens (including phenoxy) is 1. The van der Waals surface area contributed by atoms with Gasteiger partial charge < -0.3 is 19.9 Å².